The summed E-state index contributed by atoms with van der Waals surface area (Å²) in [4.78, 5) is 4.69. The minimum Gasteiger partial charge on any atom is -0.255 e. The van der Waals surface area contributed by atoms with Crippen LogP contribution in [0.2, 0.25) is 10.0 Å². The average molecular weight is 404 g/mol. The van der Waals surface area contributed by atoms with Crippen molar-refractivity contribution in [2.24, 2.45) is 0 Å². The lowest BCUT2D eigenvalue weighted by atomic mass is 10.1. The molecule has 0 radical (unpaired) electrons. The molecule has 0 N–H and O–H groups in total. The highest BCUT2D eigenvalue weighted by Gasteiger charge is 2.19. The van der Waals surface area contributed by atoms with Gasteiger partial charge in [-0.3, -0.25) is 4.98 Å². The fourth-order valence-electron chi connectivity index (χ4n) is 3.53. The van der Waals surface area contributed by atoms with Crippen LogP contribution >= 0.6 is 23.2 Å². The number of rotatable bonds is 2. The Morgan fingerprint density at radius 2 is 1.68 bits per heavy atom. The zero-order valence-corrected chi connectivity index (χ0v) is 16.5. The summed E-state index contributed by atoms with van der Waals surface area (Å²) in [6.45, 7) is 2.06. The Kier molecular flexibility index (Phi) is 4.08. The zero-order valence-electron chi connectivity index (χ0n) is 15.0. The molecule has 0 aliphatic carbocycles. The zero-order chi connectivity index (χ0) is 19.3. The van der Waals surface area contributed by atoms with Crippen molar-refractivity contribution in [3.8, 4) is 16.9 Å². The van der Waals surface area contributed by atoms with Gasteiger partial charge in [-0.25, -0.2) is 4.68 Å². The van der Waals surface area contributed by atoms with Gasteiger partial charge in [0.05, 0.1) is 26.8 Å². The topological polar surface area (TPSA) is 30.7 Å². The highest BCUT2D eigenvalue weighted by atomic mass is 35.5. The maximum absolute atomic E-state index is 6.55. The molecule has 0 aliphatic rings. The van der Waals surface area contributed by atoms with Gasteiger partial charge in [-0.1, -0.05) is 71.7 Å². The molecule has 5 heteroatoms. The fourth-order valence-corrected chi connectivity index (χ4v) is 3.91. The number of pyridine rings is 1. The van der Waals surface area contributed by atoms with E-state index >= 15 is 0 Å². The molecular formula is C23H15Cl2N3. The highest BCUT2D eigenvalue weighted by molar-refractivity contribution is 6.43. The molecule has 0 amide bonds. The van der Waals surface area contributed by atoms with Crippen molar-refractivity contribution >= 4 is 45.0 Å². The molecule has 0 bridgehead atoms. The summed E-state index contributed by atoms with van der Waals surface area (Å²) >= 11 is 12.8. The number of hydrogen-bond donors (Lipinski definition) is 0. The predicted octanol–water partition coefficient (Wildman–Crippen LogP) is 6.86. The molecule has 0 saturated carbocycles. The summed E-state index contributed by atoms with van der Waals surface area (Å²) in [6, 6.07) is 21.9. The van der Waals surface area contributed by atoms with E-state index in [0.29, 0.717) is 10.0 Å². The van der Waals surface area contributed by atoms with Crippen LogP contribution in [0.4, 0.5) is 0 Å². The molecule has 0 unspecified atom stereocenters. The normalized spacial score (nSPS) is 11.4. The van der Waals surface area contributed by atoms with Crippen LogP contribution in [0.25, 0.3) is 38.8 Å². The Bertz CT molecular complexity index is 1340. The van der Waals surface area contributed by atoms with Crippen LogP contribution in [0.5, 0.6) is 0 Å². The van der Waals surface area contributed by atoms with E-state index in [4.69, 9.17) is 33.3 Å². The molecule has 0 spiro atoms. The van der Waals surface area contributed by atoms with E-state index in [1.807, 2.05) is 53.3 Å². The lowest BCUT2D eigenvalue weighted by molar-refractivity contribution is 0.918. The van der Waals surface area contributed by atoms with Gasteiger partial charge in [0, 0.05) is 22.5 Å². The first-order valence-corrected chi connectivity index (χ1v) is 9.67. The summed E-state index contributed by atoms with van der Waals surface area (Å²) in [5.74, 6) is 0. The van der Waals surface area contributed by atoms with E-state index in [1.165, 1.54) is 0 Å². The lowest BCUT2D eigenvalue weighted by Crippen LogP contribution is -1.98. The minimum atomic E-state index is 0.477. The number of nitrogens with zero attached hydrogens (tertiary/aromatic N) is 3. The van der Waals surface area contributed by atoms with Gasteiger partial charge in [-0.15, -0.1) is 0 Å². The Morgan fingerprint density at radius 3 is 2.50 bits per heavy atom. The summed E-state index contributed by atoms with van der Waals surface area (Å²) in [5, 5.41) is 7.91. The molecule has 0 saturated heterocycles. The number of fused-ring (bicyclic) bond motifs is 3. The first-order chi connectivity index (χ1) is 13.6. The van der Waals surface area contributed by atoms with Crippen LogP contribution in [0, 0.1) is 6.92 Å². The fraction of sp³-hybridized carbons (Fsp3) is 0.0435. The van der Waals surface area contributed by atoms with E-state index < -0.39 is 0 Å². The monoisotopic (exact) mass is 403 g/mol. The summed E-state index contributed by atoms with van der Waals surface area (Å²) in [5.41, 5.74) is 5.68. The molecule has 5 aromatic rings. The maximum Gasteiger partial charge on any atom is 0.102 e. The Morgan fingerprint density at radius 1 is 0.857 bits per heavy atom. The van der Waals surface area contributed by atoms with Crippen LogP contribution in [0.1, 0.15) is 5.56 Å². The Balaban J connectivity index is 1.95. The van der Waals surface area contributed by atoms with Crippen LogP contribution in [-0.2, 0) is 0 Å². The number of benzene rings is 3. The quantitative estimate of drug-likeness (QED) is 0.322. The second-order valence-corrected chi connectivity index (χ2v) is 7.53. The third kappa shape index (κ3) is 2.67. The predicted molar refractivity (Wildman–Crippen MR) is 117 cm³/mol. The SMILES string of the molecule is Cc1ccc2c(c1)ncc1c(-c3ccccc3)nn(-c3cccc(Cl)c3Cl)c12. The Labute approximate surface area is 172 Å². The van der Waals surface area contributed by atoms with Crippen molar-refractivity contribution < 1.29 is 0 Å². The van der Waals surface area contributed by atoms with E-state index in [0.717, 1.165) is 44.3 Å². The number of aromatic nitrogens is 3. The van der Waals surface area contributed by atoms with Crippen LogP contribution in [-0.4, -0.2) is 14.8 Å². The first-order valence-electron chi connectivity index (χ1n) is 8.91. The molecule has 2 aromatic heterocycles. The van der Waals surface area contributed by atoms with E-state index in [9.17, 15) is 0 Å². The van der Waals surface area contributed by atoms with Gasteiger partial charge in [0.2, 0.25) is 0 Å². The van der Waals surface area contributed by atoms with Gasteiger partial charge >= 0.3 is 0 Å². The summed E-state index contributed by atoms with van der Waals surface area (Å²) < 4.78 is 1.88. The molecular weight excluding hydrogens is 389 g/mol. The molecule has 0 atom stereocenters. The van der Waals surface area contributed by atoms with Crippen molar-refractivity contribution in [2.75, 3.05) is 0 Å². The molecule has 28 heavy (non-hydrogen) atoms. The van der Waals surface area contributed by atoms with Gasteiger partial charge in [-0.05, 0) is 30.7 Å². The molecule has 0 fully saturated rings. The highest BCUT2D eigenvalue weighted by Crippen LogP contribution is 2.36. The molecule has 0 aliphatic heterocycles. The lowest BCUT2D eigenvalue weighted by Gasteiger charge is -2.09. The molecule has 3 nitrogen and oxygen atoms in total. The third-order valence-corrected chi connectivity index (χ3v) is 5.68. The average Bonchev–Trinajstić information content (AvgIpc) is 3.10. The van der Waals surface area contributed by atoms with Gasteiger partial charge < -0.3 is 0 Å². The van der Waals surface area contributed by atoms with Crippen molar-refractivity contribution in [3.05, 3.63) is 88.5 Å². The van der Waals surface area contributed by atoms with Crippen LogP contribution in [0.3, 0.4) is 0 Å². The van der Waals surface area contributed by atoms with Crippen molar-refractivity contribution in [3.63, 3.8) is 0 Å². The summed E-state index contributed by atoms with van der Waals surface area (Å²) in [7, 11) is 0. The standard InChI is InChI=1S/C23H15Cl2N3/c1-14-10-11-16-19(12-14)26-13-17-22(15-6-3-2-4-7-15)27-28(23(16)17)20-9-5-8-18(24)21(20)25/h2-13H,1H3. The van der Waals surface area contributed by atoms with Crippen molar-refractivity contribution in [2.45, 2.75) is 6.92 Å². The largest absolute Gasteiger partial charge is 0.255 e. The smallest absolute Gasteiger partial charge is 0.102 e. The van der Waals surface area contributed by atoms with E-state index in [2.05, 4.69) is 25.1 Å². The van der Waals surface area contributed by atoms with Gasteiger partial charge in [0.15, 0.2) is 0 Å². The second-order valence-electron chi connectivity index (χ2n) is 6.74. The molecule has 5 rings (SSSR count). The minimum absolute atomic E-state index is 0.477. The first kappa shape index (κ1) is 17.2. The van der Waals surface area contributed by atoms with Crippen molar-refractivity contribution in [1.82, 2.24) is 14.8 Å². The van der Waals surface area contributed by atoms with E-state index in [1.54, 1.807) is 6.07 Å². The van der Waals surface area contributed by atoms with Crippen LogP contribution < -0.4 is 0 Å². The molecule has 3 aromatic carbocycles. The van der Waals surface area contributed by atoms with E-state index in [-0.39, 0.29) is 0 Å². The van der Waals surface area contributed by atoms with Gasteiger partial charge in [0.25, 0.3) is 0 Å². The third-order valence-electron chi connectivity index (χ3n) is 4.87. The van der Waals surface area contributed by atoms with Crippen molar-refractivity contribution in [1.29, 1.82) is 0 Å². The number of halogens is 2. The maximum atomic E-state index is 6.55. The number of aryl methyl sites for hydroxylation is 1. The Hall–Kier alpha value is -2.88. The van der Waals surface area contributed by atoms with Crippen LogP contribution in [0.15, 0.2) is 72.9 Å². The van der Waals surface area contributed by atoms with Gasteiger partial charge in [-0.2, -0.15) is 5.10 Å². The molecule has 136 valence electrons. The second kappa shape index (κ2) is 6.62. The van der Waals surface area contributed by atoms with Gasteiger partial charge in [0.1, 0.15) is 5.69 Å². The summed E-state index contributed by atoms with van der Waals surface area (Å²) in [6.07, 6.45) is 1.89. The number of hydrogen-bond acceptors (Lipinski definition) is 2. The molecule has 2 heterocycles.